The number of ether oxygens (including phenoxy) is 1. The van der Waals surface area contributed by atoms with Crippen molar-refractivity contribution in [2.75, 3.05) is 17.7 Å². The molecule has 0 radical (unpaired) electrons. The van der Waals surface area contributed by atoms with E-state index in [1.165, 1.54) is 23.5 Å². The number of esters is 1. The number of carbonyl (C=O) groups is 2. The Balaban J connectivity index is 2.20. The molecule has 1 heterocycles. The molecule has 0 aliphatic rings. The minimum atomic E-state index is -0.473. The van der Waals surface area contributed by atoms with Gasteiger partial charge in [0.25, 0.3) is 5.91 Å². The molecule has 110 valence electrons. The van der Waals surface area contributed by atoms with Crippen LogP contribution in [0.2, 0.25) is 5.02 Å². The monoisotopic (exact) mass is 324 g/mol. The van der Waals surface area contributed by atoms with Crippen LogP contribution in [0, 0.1) is 0 Å². The zero-order chi connectivity index (χ0) is 15.4. The van der Waals surface area contributed by atoms with Crippen LogP contribution in [0.25, 0.3) is 0 Å². The van der Waals surface area contributed by atoms with Crippen molar-refractivity contribution in [2.24, 2.45) is 0 Å². The van der Waals surface area contributed by atoms with E-state index in [-0.39, 0.29) is 6.61 Å². The number of nitrogen functional groups attached to an aromatic ring is 1. The van der Waals surface area contributed by atoms with Gasteiger partial charge in [0, 0.05) is 16.3 Å². The second-order valence-corrected chi connectivity index (χ2v) is 5.46. The van der Waals surface area contributed by atoms with Gasteiger partial charge in [-0.1, -0.05) is 11.6 Å². The summed E-state index contributed by atoms with van der Waals surface area (Å²) in [5, 5.41) is 5.17. The molecule has 0 aliphatic heterocycles. The number of hydrogen-bond acceptors (Lipinski definition) is 5. The molecule has 7 heteroatoms. The standard InChI is InChI=1S/C14H13ClN2O3S/c1-2-20-14(19)11-3-4-21-13(11)17-12(18)8-5-9(15)7-10(16)6-8/h3-7H,2,16H2,1H3,(H,17,18). The average molecular weight is 325 g/mol. The number of nitrogens with two attached hydrogens (primary N) is 1. The Morgan fingerprint density at radius 2 is 2.14 bits per heavy atom. The van der Waals surface area contributed by atoms with Crippen LogP contribution < -0.4 is 11.1 Å². The highest BCUT2D eigenvalue weighted by molar-refractivity contribution is 7.14. The van der Waals surface area contributed by atoms with Crippen molar-refractivity contribution in [1.82, 2.24) is 0 Å². The molecule has 0 spiro atoms. The van der Waals surface area contributed by atoms with Gasteiger partial charge in [0.1, 0.15) is 5.00 Å². The van der Waals surface area contributed by atoms with Gasteiger partial charge in [-0.05, 0) is 36.6 Å². The Morgan fingerprint density at radius 1 is 1.38 bits per heavy atom. The summed E-state index contributed by atoms with van der Waals surface area (Å²) in [6.07, 6.45) is 0. The molecule has 3 N–H and O–H groups in total. The highest BCUT2D eigenvalue weighted by Gasteiger charge is 2.17. The van der Waals surface area contributed by atoms with Gasteiger partial charge in [0.05, 0.1) is 12.2 Å². The second kappa shape index (κ2) is 6.60. The van der Waals surface area contributed by atoms with Crippen LogP contribution in [-0.2, 0) is 4.74 Å². The van der Waals surface area contributed by atoms with E-state index in [0.29, 0.717) is 26.8 Å². The molecule has 2 aromatic rings. The van der Waals surface area contributed by atoms with Gasteiger partial charge in [-0.15, -0.1) is 11.3 Å². The molecule has 0 aliphatic carbocycles. The summed E-state index contributed by atoms with van der Waals surface area (Å²) < 4.78 is 4.93. The highest BCUT2D eigenvalue weighted by Crippen LogP contribution is 2.25. The van der Waals surface area contributed by atoms with Crippen LogP contribution in [0.3, 0.4) is 0 Å². The lowest BCUT2D eigenvalue weighted by Gasteiger charge is -2.07. The van der Waals surface area contributed by atoms with E-state index in [4.69, 9.17) is 22.1 Å². The number of nitrogens with one attached hydrogen (secondary N) is 1. The molecule has 1 aromatic heterocycles. The fourth-order valence-electron chi connectivity index (χ4n) is 1.69. The molecule has 1 aromatic carbocycles. The van der Waals surface area contributed by atoms with Gasteiger partial charge in [0.15, 0.2) is 0 Å². The molecule has 0 atom stereocenters. The van der Waals surface area contributed by atoms with Crippen molar-refractivity contribution < 1.29 is 14.3 Å². The van der Waals surface area contributed by atoms with Gasteiger partial charge < -0.3 is 15.8 Å². The Kier molecular flexibility index (Phi) is 4.82. The predicted octanol–water partition coefficient (Wildman–Crippen LogP) is 3.41. The van der Waals surface area contributed by atoms with E-state index >= 15 is 0 Å². The predicted molar refractivity (Wildman–Crippen MR) is 84.1 cm³/mol. The minimum absolute atomic E-state index is 0.271. The lowest BCUT2D eigenvalue weighted by atomic mass is 10.2. The molecule has 0 fully saturated rings. The maximum absolute atomic E-state index is 12.2. The van der Waals surface area contributed by atoms with Gasteiger partial charge >= 0.3 is 5.97 Å². The number of carbonyl (C=O) groups excluding carboxylic acids is 2. The van der Waals surface area contributed by atoms with Gasteiger partial charge in [-0.3, -0.25) is 4.79 Å². The molecule has 21 heavy (non-hydrogen) atoms. The first-order valence-corrected chi connectivity index (χ1v) is 7.39. The minimum Gasteiger partial charge on any atom is -0.462 e. The topological polar surface area (TPSA) is 81.4 Å². The van der Waals surface area contributed by atoms with Crippen LogP contribution in [0.1, 0.15) is 27.6 Å². The molecule has 0 saturated carbocycles. The Morgan fingerprint density at radius 3 is 2.81 bits per heavy atom. The summed E-state index contributed by atoms with van der Waals surface area (Å²) >= 11 is 7.11. The number of thiophene rings is 1. The smallest absolute Gasteiger partial charge is 0.341 e. The van der Waals surface area contributed by atoms with Crippen LogP contribution in [-0.4, -0.2) is 18.5 Å². The van der Waals surface area contributed by atoms with E-state index in [1.807, 2.05) is 0 Å². The number of anilines is 2. The third-order valence-electron chi connectivity index (χ3n) is 2.57. The maximum Gasteiger partial charge on any atom is 0.341 e. The fourth-order valence-corrected chi connectivity index (χ4v) is 2.71. The van der Waals surface area contributed by atoms with E-state index in [2.05, 4.69) is 5.32 Å². The summed E-state index contributed by atoms with van der Waals surface area (Å²) in [6, 6.07) is 6.17. The van der Waals surface area contributed by atoms with Crippen LogP contribution in [0.15, 0.2) is 29.6 Å². The highest BCUT2D eigenvalue weighted by atomic mass is 35.5. The van der Waals surface area contributed by atoms with Crippen molar-refractivity contribution in [3.63, 3.8) is 0 Å². The first kappa shape index (κ1) is 15.3. The van der Waals surface area contributed by atoms with Crippen molar-refractivity contribution in [3.05, 3.63) is 45.8 Å². The van der Waals surface area contributed by atoms with E-state index in [0.717, 1.165) is 0 Å². The molecule has 1 amide bonds. The summed E-state index contributed by atoms with van der Waals surface area (Å²) in [7, 11) is 0. The van der Waals surface area contributed by atoms with Crippen LogP contribution in [0.4, 0.5) is 10.7 Å². The lowest BCUT2D eigenvalue weighted by molar-refractivity contribution is 0.0528. The Bertz CT molecular complexity index is 664. The van der Waals surface area contributed by atoms with Crippen LogP contribution >= 0.6 is 22.9 Å². The molecule has 0 saturated heterocycles. The zero-order valence-corrected chi connectivity index (χ0v) is 12.8. The van der Waals surface area contributed by atoms with Crippen molar-refractivity contribution in [2.45, 2.75) is 6.92 Å². The van der Waals surface area contributed by atoms with E-state index < -0.39 is 11.9 Å². The average Bonchev–Trinajstić information content (AvgIpc) is 2.86. The quantitative estimate of drug-likeness (QED) is 0.667. The third kappa shape index (κ3) is 3.74. The summed E-state index contributed by atoms with van der Waals surface area (Å²) in [4.78, 5) is 23.9. The normalized spacial score (nSPS) is 10.2. The number of amides is 1. The molecule has 5 nitrogen and oxygen atoms in total. The first-order valence-electron chi connectivity index (χ1n) is 6.13. The first-order chi connectivity index (χ1) is 10.0. The van der Waals surface area contributed by atoms with Crippen molar-refractivity contribution in [1.29, 1.82) is 0 Å². The van der Waals surface area contributed by atoms with E-state index in [1.54, 1.807) is 24.4 Å². The Labute approximate surface area is 130 Å². The van der Waals surface area contributed by atoms with Gasteiger partial charge in [-0.25, -0.2) is 4.79 Å². The number of hydrogen-bond donors (Lipinski definition) is 2. The summed E-state index contributed by atoms with van der Waals surface area (Å²) in [6.45, 7) is 1.99. The summed E-state index contributed by atoms with van der Waals surface area (Å²) in [5.41, 5.74) is 6.69. The maximum atomic E-state index is 12.2. The molecule has 0 bridgehead atoms. The Hall–Kier alpha value is -2.05. The zero-order valence-electron chi connectivity index (χ0n) is 11.2. The largest absolute Gasteiger partial charge is 0.462 e. The molecular weight excluding hydrogens is 312 g/mol. The molecule has 0 unspecified atom stereocenters. The fraction of sp³-hybridized carbons (Fsp3) is 0.143. The van der Waals surface area contributed by atoms with Crippen molar-refractivity contribution in [3.8, 4) is 0 Å². The SMILES string of the molecule is CCOC(=O)c1ccsc1NC(=O)c1cc(N)cc(Cl)c1. The van der Waals surface area contributed by atoms with Crippen molar-refractivity contribution >= 4 is 45.5 Å². The second-order valence-electron chi connectivity index (χ2n) is 4.11. The lowest BCUT2D eigenvalue weighted by Crippen LogP contribution is -2.14. The number of rotatable bonds is 4. The summed E-state index contributed by atoms with van der Waals surface area (Å²) in [5.74, 6) is -0.864. The number of benzene rings is 1. The molecule has 2 rings (SSSR count). The van der Waals surface area contributed by atoms with Gasteiger partial charge in [0.2, 0.25) is 0 Å². The van der Waals surface area contributed by atoms with Crippen LogP contribution in [0.5, 0.6) is 0 Å². The number of halogens is 1. The third-order valence-corrected chi connectivity index (χ3v) is 3.62. The molecular formula is C14H13ClN2O3S. The van der Waals surface area contributed by atoms with E-state index in [9.17, 15) is 9.59 Å². The van der Waals surface area contributed by atoms with Gasteiger partial charge in [-0.2, -0.15) is 0 Å².